The van der Waals surface area contributed by atoms with Crippen LogP contribution >= 0.6 is 68.4 Å². The van der Waals surface area contributed by atoms with E-state index in [2.05, 4.69) is 58.1 Å². The number of thioether (sulfide) groups is 1. The van der Waals surface area contributed by atoms with Crippen LogP contribution in [0.15, 0.2) is 90.9 Å². The Bertz CT molecular complexity index is 3880. The normalized spacial score (nSPS) is 20.8. The molecule has 0 fully saturated rings. The number of nitrogens with zero attached hydrogens (tertiary/aromatic N) is 7. The maximum absolute atomic E-state index is 14.5. The molecule has 10 N–H and O–H groups in total. The molecule has 0 saturated carbocycles. The average molecular weight is 1220 g/mol. The largest absolute Gasteiger partial charge is 0.506 e. The monoisotopic (exact) mass is 1220 g/mol. The summed E-state index contributed by atoms with van der Waals surface area (Å²) in [5, 5.41) is 54.4. The Labute approximate surface area is 487 Å². The molecule has 10 rings (SSSR count). The standard InChI is InChI=1S/C51H43N13O12S6/c1-5-23-46-60-28(14-79-46)41(70)56-25-10-33(67)50(74)76-11-21-7-6-8-24-34(21)18(2)35(54-24)51(75)82-17-31(57-42(71)29-15-80-47(25)61-29)48-58-26(12-78-48)37-22(45-59-30(13-77-45)43(72)64-36(20(4)65)44(73)55-23)9-32(66)38(63-37)49-62-27(16-81-49)40(69)53-19(3)39(52)68/h5-7,9,12-16,20,25,31,33,36,65-67H,3,8,10-11,17H2,1-2,4H3,(H2,52,68)(H,53,69)(H,55,73)(H,56,70)(H,57,71)(H,64,72)/b23-5+/t20-,25-,31-,33+,36+/m0/s1. The van der Waals surface area contributed by atoms with Crippen molar-refractivity contribution < 1.29 is 58.4 Å². The Hall–Kier alpha value is -8.30. The fourth-order valence-electron chi connectivity index (χ4n) is 8.51. The number of ether oxygens (including phenoxy) is 1. The molecule has 0 radical (unpaired) electrons. The number of nitrogens with one attached hydrogen (secondary N) is 5. The Morgan fingerprint density at radius 1 is 0.829 bits per heavy atom. The van der Waals surface area contributed by atoms with Crippen LogP contribution in [-0.4, -0.2) is 128 Å². The van der Waals surface area contributed by atoms with E-state index in [0.29, 0.717) is 28.9 Å². The second kappa shape index (κ2) is 23.7. The molecule has 0 saturated heterocycles. The quantitative estimate of drug-likeness (QED) is 0.0859. The maximum atomic E-state index is 14.5. The highest BCUT2D eigenvalue weighted by atomic mass is 32.2. The molecule has 6 aromatic rings. The summed E-state index contributed by atoms with van der Waals surface area (Å²) in [6, 6.07) is -2.54. The van der Waals surface area contributed by atoms with E-state index in [4.69, 9.17) is 20.4 Å². The number of hydrogen-bond acceptors (Lipinski definition) is 25. The fourth-order valence-corrected chi connectivity index (χ4v) is 13.7. The van der Waals surface area contributed by atoms with Gasteiger partial charge in [0.15, 0.2) is 6.10 Å². The zero-order valence-electron chi connectivity index (χ0n) is 42.8. The lowest BCUT2D eigenvalue weighted by Gasteiger charge is -2.21. The third kappa shape index (κ3) is 11.7. The predicted molar refractivity (Wildman–Crippen MR) is 304 cm³/mol. The molecule has 0 spiro atoms. The number of carbonyl (C=O) groups excluding carboxylic acids is 8. The van der Waals surface area contributed by atoms with Crippen LogP contribution in [0.1, 0.15) is 103 Å². The molecule has 5 atom stereocenters. The molecule has 4 aliphatic rings. The molecule has 6 amide bonds. The van der Waals surface area contributed by atoms with E-state index in [1.165, 1.54) is 40.6 Å². The van der Waals surface area contributed by atoms with E-state index < -0.39 is 89.0 Å². The first kappa shape index (κ1) is 57.0. The van der Waals surface area contributed by atoms with Crippen LogP contribution in [0.5, 0.6) is 5.75 Å². The number of nitrogens with two attached hydrogens (primary N) is 1. The zero-order chi connectivity index (χ0) is 58.3. The summed E-state index contributed by atoms with van der Waals surface area (Å²) in [5.41, 5.74) is 6.86. The number of allylic oxidation sites excluding steroid dienone is 4. The van der Waals surface area contributed by atoms with Crippen LogP contribution in [-0.2, 0) is 23.9 Å². The van der Waals surface area contributed by atoms with Gasteiger partial charge in [0.05, 0.1) is 35.3 Å². The maximum Gasteiger partial charge on any atom is 0.335 e. The number of primary amides is 1. The van der Waals surface area contributed by atoms with E-state index in [0.717, 1.165) is 68.4 Å². The molecule has 31 heteroatoms. The van der Waals surface area contributed by atoms with Gasteiger partial charge in [-0.2, -0.15) is 0 Å². The molecule has 1 aliphatic carbocycles. The fraction of sp³-hybridized carbons (Fsp3) is 0.235. The Morgan fingerprint density at radius 2 is 1.46 bits per heavy atom. The SMILES string of the molecule is C=C(NC(=O)c1csc(-c2nc3c(cc2O)-c2nc(cs2)C(=O)N[C@H]([C@H](C)O)C(=O)N/C(=C/C)c2nc(cs2)C(=O)N[C@H]2C[C@@H](O)C(=O)OCC4=C5C(=NC(=C5C)C(=O)SC[C@H](NC(=O)c5csc2n5)c2nc-3cs2)CC=C4)n1)C(N)=O. The topological polar surface area (TPSA) is 382 Å². The number of aromatic nitrogens is 6. The van der Waals surface area contributed by atoms with Gasteiger partial charge >= 0.3 is 5.97 Å². The van der Waals surface area contributed by atoms with Crippen LogP contribution in [0.3, 0.4) is 0 Å². The highest BCUT2D eigenvalue weighted by Gasteiger charge is 2.35. The molecule has 82 heavy (non-hydrogen) atoms. The van der Waals surface area contributed by atoms with Crippen molar-refractivity contribution in [3.05, 3.63) is 124 Å². The summed E-state index contributed by atoms with van der Waals surface area (Å²) in [6.45, 7) is 7.73. The average Bonchev–Trinajstić information content (AvgIpc) is 4.48. The Kier molecular flexibility index (Phi) is 16.4. The molecular formula is C51H43N13O12S6. The summed E-state index contributed by atoms with van der Waals surface area (Å²) in [5.74, 6) is -6.67. The van der Waals surface area contributed by atoms with Crippen molar-refractivity contribution in [2.75, 3.05) is 12.4 Å². The minimum atomic E-state index is -1.84. The number of thiazole rings is 5. The second-order valence-electron chi connectivity index (χ2n) is 18.2. The number of esters is 1. The molecule has 0 aromatic carbocycles. The summed E-state index contributed by atoms with van der Waals surface area (Å²) in [6.07, 6.45) is 1.63. The number of hydrogen-bond donors (Lipinski definition) is 9. The third-order valence-corrected chi connectivity index (χ3v) is 18.1. The number of aromatic hydroxyl groups is 1. The highest BCUT2D eigenvalue weighted by Crippen LogP contribution is 2.42. The molecular weight excluding hydrogens is 1180 g/mol. The molecule has 25 nitrogen and oxygen atoms in total. The lowest BCUT2D eigenvalue weighted by molar-refractivity contribution is -0.153. The number of aliphatic hydroxyl groups excluding tert-OH is 2. The van der Waals surface area contributed by atoms with Gasteiger partial charge in [-0.3, -0.25) is 33.6 Å². The number of aliphatic hydroxyl groups is 2. The van der Waals surface area contributed by atoms with Gasteiger partial charge in [-0.1, -0.05) is 36.6 Å². The number of pyridine rings is 1. The third-order valence-electron chi connectivity index (χ3n) is 12.7. The van der Waals surface area contributed by atoms with E-state index in [1.807, 2.05) is 0 Å². The van der Waals surface area contributed by atoms with Crippen molar-refractivity contribution >= 4 is 126 Å². The summed E-state index contributed by atoms with van der Waals surface area (Å²) < 4.78 is 5.63. The molecule has 420 valence electrons. The van der Waals surface area contributed by atoms with Crippen LogP contribution in [0.25, 0.3) is 38.4 Å². The van der Waals surface area contributed by atoms with Gasteiger partial charge in [0.2, 0.25) is 11.0 Å². The first-order valence-electron chi connectivity index (χ1n) is 24.4. The number of aliphatic imine (C=N–C) groups is 1. The highest BCUT2D eigenvalue weighted by molar-refractivity contribution is 8.14. The number of cyclic esters (lactones) is 1. The summed E-state index contributed by atoms with van der Waals surface area (Å²) in [4.78, 5) is 141. The minimum absolute atomic E-state index is 0.0398. The van der Waals surface area contributed by atoms with Crippen LogP contribution in [0.4, 0.5) is 0 Å². The number of amides is 6. The molecule has 0 unspecified atom stereocenters. The van der Waals surface area contributed by atoms with E-state index in [9.17, 15) is 53.7 Å². The van der Waals surface area contributed by atoms with Gasteiger partial charge in [0.25, 0.3) is 29.5 Å². The smallest absolute Gasteiger partial charge is 0.335 e. The molecule has 12 bridgehead atoms. The van der Waals surface area contributed by atoms with Crippen LogP contribution in [0.2, 0.25) is 0 Å². The van der Waals surface area contributed by atoms with Gasteiger partial charge in [-0.25, -0.2) is 39.7 Å². The van der Waals surface area contributed by atoms with Crippen molar-refractivity contribution in [1.29, 1.82) is 0 Å². The zero-order valence-corrected chi connectivity index (χ0v) is 47.7. The van der Waals surface area contributed by atoms with Gasteiger partial charge in [0.1, 0.15) is 89.0 Å². The summed E-state index contributed by atoms with van der Waals surface area (Å²) >= 11 is 5.71. The molecule has 9 heterocycles. The first-order valence-corrected chi connectivity index (χ1v) is 29.7. The van der Waals surface area contributed by atoms with Gasteiger partial charge in [-0.05, 0) is 38.0 Å². The van der Waals surface area contributed by atoms with Crippen molar-refractivity contribution in [3.8, 4) is 38.4 Å². The van der Waals surface area contributed by atoms with Crippen molar-refractivity contribution in [1.82, 2.24) is 56.5 Å². The van der Waals surface area contributed by atoms with Crippen molar-refractivity contribution in [2.24, 2.45) is 10.7 Å². The van der Waals surface area contributed by atoms with Gasteiger partial charge in [0, 0.05) is 56.6 Å². The Morgan fingerprint density at radius 3 is 2.18 bits per heavy atom. The molecule has 6 aromatic heterocycles. The second-order valence-corrected chi connectivity index (χ2v) is 23.6. The van der Waals surface area contributed by atoms with Crippen LogP contribution in [0, 0.1) is 0 Å². The van der Waals surface area contributed by atoms with Gasteiger partial charge < -0.3 is 52.4 Å². The summed E-state index contributed by atoms with van der Waals surface area (Å²) in [7, 11) is 0. The number of rotatable bonds is 5. The van der Waals surface area contributed by atoms with E-state index in [1.54, 1.807) is 31.4 Å². The van der Waals surface area contributed by atoms with Crippen molar-refractivity contribution in [2.45, 2.75) is 63.9 Å². The lowest BCUT2D eigenvalue weighted by Crippen LogP contribution is -2.52. The molecule has 3 aliphatic heterocycles. The van der Waals surface area contributed by atoms with Gasteiger partial charge in [-0.15, -0.1) is 56.7 Å². The van der Waals surface area contributed by atoms with Crippen molar-refractivity contribution in [3.63, 3.8) is 0 Å². The van der Waals surface area contributed by atoms with E-state index in [-0.39, 0.29) is 99.9 Å². The number of fused-ring (bicyclic) bond motifs is 12. The van der Waals surface area contributed by atoms with Crippen LogP contribution < -0.4 is 32.3 Å². The number of carbonyl (C=O) groups is 8. The first-order chi connectivity index (χ1) is 39.2. The lowest BCUT2D eigenvalue weighted by atomic mass is 9.92. The van der Waals surface area contributed by atoms with E-state index >= 15 is 0 Å². The predicted octanol–water partition coefficient (Wildman–Crippen LogP) is 4.26. The Balaban J connectivity index is 1.11. The minimum Gasteiger partial charge on any atom is -0.506 e.